The number of aromatic amines is 1. The minimum absolute atomic E-state index is 0.692. The number of nitrogens with zero attached hydrogens (tertiary/aromatic N) is 2. The fourth-order valence-corrected chi connectivity index (χ4v) is 1.74. The van der Waals surface area contributed by atoms with E-state index in [4.69, 9.17) is 0 Å². The lowest BCUT2D eigenvalue weighted by molar-refractivity contribution is 1.12. The van der Waals surface area contributed by atoms with Crippen LogP contribution in [0.15, 0.2) is 29.4 Å². The van der Waals surface area contributed by atoms with Crippen LogP contribution in [0.3, 0.4) is 0 Å². The summed E-state index contributed by atoms with van der Waals surface area (Å²) in [7, 11) is 0. The Kier molecular flexibility index (Phi) is 2.13. The molecule has 1 aromatic carbocycles. The maximum absolute atomic E-state index is 4.39. The molecule has 0 unspecified atom stereocenters. The molecular formula is C12H14N4. The second-order valence-corrected chi connectivity index (χ2v) is 4.24. The summed E-state index contributed by atoms with van der Waals surface area (Å²) in [5.74, 6) is 1.40. The average Bonchev–Trinajstić information content (AvgIpc) is 3.06. The van der Waals surface area contributed by atoms with E-state index in [1.807, 2.05) is 24.3 Å². The minimum Gasteiger partial charge on any atom is -0.323 e. The van der Waals surface area contributed by atoms with Gasteiger partial charge in [0.25, 0.3) is 0 Å². The number of benzene rings is 1. The van der Waals surface area contributed by atoms with Crippen LogP contribution >= 0.6 is 0 Å². The van der Waals surface area contributed by atoms with E-state index in [0.717, 1.165) is 11.0 Å². The lowest BCUT2D eigenvalue weighted by Gasteiger charge is -1.97. The Hall–Kier alpha value is -1.84. The smallest absolute Gasteiger partial charge is 0.222 e. The normalized spacial score (nSPS) is 16.7. The summed E-state index contributed by atoms with van der Waals surface area (Å²) in [5.41, 5.74) is 6.14. The molecule has 0 atom stereocenters. The Morgan fingerprint density at radius 2 is 2.25 bits per heavy atom. The maximum atomic E-state index is 4.39. The van der Waals surface area contributed by atoms with Gasteiger partial charge in [-0.2, -0.15) is 5.10 Å². The molecule has 1 fully saturated rings. The largest absolute Gasteiger partial charge is 0.323 e. The molecule has 3 rings (SSSR count). The SMILES string of the molecule is C/C(=N/Nc1nc2ccccc2[nH]1)C1CC1. The number of rotatable bonds is 3. The topological polar surface area (TPSA) is 53.1 Å². The van der Waals surface area contributed by atoms with Crippen molar-refractivity contribution in [2.24, 2.45) is 11.0 Å². The third-order valence-corrected chi connectivity index (χ3v) is 2.90. The van der Waals surface area contributed by atoms with Crippen molar-refractivity contribution in [3.8, 4) is 0 Å². The van der Waals surface area contributed by atoms with Crippen molar-refractivity contribution in [2.45, 2.75) is 19.8 Å². The van der Waals surface area contributed by atoms with Gasteiger partial charge in [-0.3, -0.25) is 0 Å². The number of hydrogen-bond donors (Lipinski definition) is 2. The molecule has 16 heavy (non-hydrogen) atoms. The van der Waals surface area contributed by atoms with Crippen LogP contribution in [-0.4, -0.2) is 15.7 Å². The van der Waals surface area contributed by atoms with E-state index in [0.29, 0.717) is 11.9 Å². The van der Waals surface area contributed by atoms with E-state index < -0.39 is 0 Å². The van der Waals surface area contributed by atoms with Crippen molar-refractivity contribution in [2.75, 3.05) is 5.43 Å². The molecule has 1 aliphatic carbocycles. The van der Waals surface area contributed by atoms with E-state index in [-0.39, 0.29) is 0 Å². The molecule has 1 aromatic heterocycles. The van der Waals surface area contributed by atoms with Gasteiger partial charge in [0, 0.05) is 5.71 Å². The van der Waals surface area contributed by atoms with Crippen LogP contribution in [0.4, 0.5) is 5.95 Å². The molecule has 0 saturated heterocycles. The Labute approximate surface area is 93.8 Å². The number of hydrazone groups is 1. The van der Waals surface area contributed by atoms with Gasteiger partial charge >= 0.3 is 0 Å². The van der Waals surface area contributed by atoms with Gasteiger partial charge in [0.1, 0.15) is 0 Å². The van der Waals surface area contributed by atoms with Gasteiger partial charge in [0.2, 0.25) is 5.95 Å². The highest BCUT2D eigenvalue weighted by Crippen LogP contribution is 2.30. The number of H-pyrrole nitrogens is 1. The van der Waals surface area contributed by atoms with Crippen molar-refractivity contribution >= 4 is 22.7 Å². The summed E-state index contributed by atoms with van der Waals surface area (Å²) < 4.78 is 0. The maximum Gasteiger partial charge on any atom is 0.222 e. The number of aromatic nitrogens is 2. The molecule has 1 heterocycles. The van der Waals surface area contributed by atoms with Crippen molar-refractivity contribution < 1.29 is 0 Å². The van der Waals surface area contributed by atoms with Crippen LogP contribution in [0.2, 0.25) is 0 Å². The van der Waals surface area contributed by atoms with Gasteiger partial charge in [0.15, 0.2) is 0 Å². The Morgan fingerprint density at radius 1 is 1.44 bits per heavy atom. The number of imidazole rings is 1. The molecule has 4 heteroatoms. The van der Waals surface area contributed by atoms with Gasteiger partial charge in [0.05, 0.1) is 11.0 Å². The summed E-state index contributed by atoms with van der Waals surface area (Å²) in [4.78, 5) is 7.57. The lowest BCUT2D eigenvalue weighted by atomic mass is 10.3. The van der Waals surface area contributed by atoms with Gasteiger partial charge in [-0.15, -0.1) is 0 Å². The first kappa shape index (κ1) is 9.39. The Balaban J connectivity index is 1.81. The lowest BCUT2D eigenvalue weighted by Crippen LogP contribution is -2.00. The summed E-state index contributed by atoms with van der Waals surface area (Å²) in [6, 6.07) is 7.95. The van der Waals surface area contributed by atoms with E-state index in [2.05, 4.69) is 27.4 Å². The van der Waals surface area contributed by atoms with Crippen molar-refractivity contribution in [3.63, 3.8) is 0 Å². The molecule has 0 spiro atoms. The number of para-hydroxylation sites is 2. The van der Waals surface area contributed by atoms with E-state index in [1.165, 1.54) is 18.6 Å². The molecule has 2 N–H and O–H groups in total. The quantitative estimate of drug-likeness (QED) is 0.609. The second-order valence-electron chi connectivity index (χ2n) is 4.24. The van der Waals surface area contributed by atoms with Crippen LogP contribution in [0.1, 0.15) is 19.8 Å². The number of fused-ring (bicyclic) bond motifs is 1. The summed E-state index contributed by atoms with van der Waals surface area (Å²) in [6.07, 6.45) is 2.55. The van der Waals surface area contributed by atoms with Crippen molar-refractivity contribution in [1.29, 1.82) is 0 Å². The predicted octanol–water partition coefficient (Wildman–Crippen LogP) is 2.76. The molecule has 1 saturated carbocycles. The van der Waals surface area contributed by atoms with Crippen molar-refractivity contribution in [3.05, 3.63) is 24.3 Å². The highest BCUT2D eigenvalue weighted by atomic mass is 15.4. The molecule has 82 valence electrons. The highest BCUT2D eigenvalue weighted by molar-refractivity contribution is 5.87. The summed E-state index contributed by atoms with van der Waals surface area (Å²) in [5, 5.41) is 4.32. The van der Waals surface area contributed by atoms with E-state index >= 15 is 0 Å². The molecule has 0 aliphatic heterocycles. The summed E-state index contributed by atoms with van der Waals surface area (Å²) >= 11 is 0. The third kappa shape index (κ3) is 1.78. The van der Waals surface area contributed by atoms with Crippen LogP contribution in [-0.2, 0) is 0 Å². The molecular weight excluding hydrogens is 200 g/mol. The van der Waals surface area contributed by atoms with Crippen LogP contribution in [0, 0.1) is 5.92 Å². The zero-order valence-electron chi connectivity index (χ0n) is 9.20. The zero-order valence-corrected chi connectivity index (χ0v) is 9.20. The first-order valence-corrected chi connectivity index (χ1v) is 5.58. The van der Waals surface area contributed by atoms with Crippen LogP contribution in [0.5, 0.6) is 0 Å². The van der Waals surface area contributed by atoms with Crippen LogP contribution in [0.25, 0.3) is 11.0 Å². The Bertz CT molecular complexity index is 504. The highest BCUT2D eigenvalue weighted by Gasteiger charge is 2.24. The van der Waals surface area contributed by atoms with Crippen LogP contribution < -0.4 is 5.43 Å². The van der Waals surface area contributed by atoms with E-state index in [9.17, 15) is 0 Å². The third-order valence-electron chi connectivity index (χ3n) is 2.90. The van der Waals surface area contributed by atoms with Gasteiger partial charge in [-0.25, -0.2) is 10.4 Å². The fourth-order valence-electron chi connectivity index (χ4n) is 1.74. The Morgan fingerprint density at radius 3 is 3.00 bits per heavy atom. The number of hydrogen-bond acceptors (Lipinski definition) is 3. The average molecular weight is 214 g/mol. The zero-order chi connectivity index (χ0) is 11.0. The standard InChI is InChI=1S/C12H14N4/c1-8(9-6-7-9)15-16-12-13-10-4-2-3-5-11(10)14-12/h2-5,9H,6-7H2,1H3,(H2,13,14,16)/b15-8-. The summed E-state index contributed by atoms with van der Waals surface area (Å²) in [6.45, 7) is 2.06. The molecule has 0 amide bonds. The number of anilines is 1. The minimum atomic E-state index is 0.692. The molecule has 0 bridgehead atoms. The predicted molar refractivity (Wildman–Crippen MR) is 65.5 cm³/mol. The fraction of sp³-hybridized carbons (Fsp3) is 0.333. The molecule has 2 aromatic rings. The van der Waals surface area contributed by atoms with E-state index in [1.54, 1.807) is 0 Å². The first-order valence-electron chi connectivity index (χ1n) is 5.58. The molecule has 0 radical (unpaired) electrons. The second kappa shape index (κ2) is 3.63. The number of nitrogens with one attached hydrogen (secondary N) is 2. The van der Waals surface area contributed by atoms with Gasteiger partial charge in [-0.1, -0.05) is 12.1 Å². The van der Waals surface area contributed by atoms with Gasteiger partial charge in [-0.05, 0) is 37.8 Å². The molecule has 4 nitrogen and oxygen atoms in total. The first-order chi connectivity index (χ1) is 7.83. The van der Waals surface area contributed by atoms with Gasteiger partial charge < -0.3 is 4.98 Å². The van der Waals surface area contributed by atoms with Crippen molar-refractivity contribution in [1.82, 2.24) is 9.97 Å². The monoisotopic (exact) mass is 214 g/mol. The molecule has 1 aliphatic rings.